The molecule has 1 aliphatic rings. The fourth-order valence-electron chi connectivity index (χ4n) is 3.80. The molecule has 3 rings (SSSR count). The van der Waals surface area contributed by atoms with Crippen LogP contribution in [0.3, 0.4) is 0 Å². The first-order chi connectivity index (χ1) is 10.2. The number of benzene rings is 2. The van der Waals surface area contributed by atoms with Gasteiger partial charge in [0.1, 0.15) is 0 Å². The quantitative estimate of drug-likeness (QED) is 0.589. The lowest BCUT2D eigenvalue weighted by atomic mass is 9.80. The van der Waals surface area contributed by atoms with Crippen molar-refractivity contribution in [2.75, 3.05) is 0 Å². The molecule has 0 unspecified atom stereocenters. The summed E-state index contributed by atoms with van der Waals surface area (Å²) in [5, 5.41) is 0. The first-order valence-electron chi connectivity index (χ1n) is 8.53. The third-order valence-corrected chi connectivity index (χ3v) is 5.35. The van der Waals surface area contributed by atoms with Gasteiger partial charge in [0.05, 0.1) is 0 Å². The summed E-state index contributed by atoms with van der Waals surface area (Å²) in [4.78, 5) is 0. The molecule has 0 aliphatic heterocycles. The van der Waals surface area contributed by atoms with Crippen LogP contribution in [0.5, 0.6) is 0 Å². The van der Waals surface area contributed by atoms with E-state index < -0.39 is 0 Å². The Morgan fingerprint density at radius 1 is 0.773 bits per heavy atom. The van der Waals surface area contributed by atoms with Gasteiger partial charge in [0.2, 0.25) is 0 Å². The van der Waals surface area contributed by atoms with Crippen LogP contribution >= 0.6 is 0 Å². The summed E-state index contributed by atoms with van der Waals surface area (Å²) >= 11 is 0. The molecular weight excluding hydrogens is 264 g/mol. The zero-order chi connectivity index (χ0) is 16.2. The molecule has 0 amide bonds. The molecule has 0 radical (unpaired) electrons. The number of hydrogen-bond donors (Lipinski definition) is 0. The molecule has 0 spiro atoms. The fraction of sp³-hybridized carbons (Fsp3) is 0.455. The van der Waals surface area contributed by atoms with Gasteiger partial charge in [-0.25, -0.2) is 0 Å². The Morgan fingerprint density at radius 3 is 1.95 bits per heavy atom. The van der Waals surface area contributed by atoms with E-state index in [1.54, 1.807) is 0 Å². The zero-order valence-corrected chi connectivity index (χ0v) is 15.0. The van der Waals surface area contributed by atoms with Crippen molar-refractivity contribution in [3.05, 3.63) is 58.1 Å². The summed E-state index contributed by atoms with van der Waals surface area (Å²) in [5.74, 6) is 1.16. The molecule has 0 saturated carbocycles. The first-order valence-corrected chi connectivity index (χ1v) is 8.53. The maximum Gasteiger partial charge on any atom is 0.0159 e. The van der Waals surface area contributed by atoms with E-state index in [0.717, 1.165) is 0 Å². The molecule has 0 saturated heterocycles. The highest BCUT2D eigenvalue weighted by atomic mass is 14.4. The number of fused-ring (bicyclic) bond motifs is 3. The van der Waals surface area contributed by atoms with Gasteiger partial charge >= 0.3 is 0 Å². The monoisotopic (exact) mass is 292 g/mol. The van der Waals surface area contributed by atoms with Crippen LogP contribution in [0.25, 0.3) is 11.1 Å². The van der Waals surface area contributed by atoms with Crippen molar-refractivity contribution in [2.45, 2.75) is 65.7 Å². The van der Waals surface area contributed by atoms with E-state index in [0.29, 0.717) is 11.8 Å². The minimum Gasteiger partial charge on any atom is -0.0587 e. The molecule has 0 aromatic heterocycles. The molecule has 116 valence electrons. The van der Waals surface area contributed by atoms with Crippen molar-refractivity contribution in [3.63, 3.8) is 0 Å². The van der Waals surface area contributed by atoms with Crippen LogP contribution in [0.4, 0.5) is 0 Å². The molecule has 0 N–H and O–H groups in total. The Labute approximate surface area is 135 Å². The van der Waals surface area contributed by atoms with E-state index in [9.17, 15) is 0 Å². The largest absolute Gasteiger partial charge is 0.0587 e. The SMILES string of the molecule is Cc1cc(C(C)C)cc2c1-c1ccc(C(C)C)cc1C2(C)C. The highest BCUT2D eigenvalue weighted by Gasteiger charge is 2.36. The third-order valence-electron chi connectivity index (χ3n) is 5.35. The lowest BCUT2D eigenvalue weighted by Gasteiger charge is -2.23. The summed E-state index contributed by atoms with van der Waals surface area (Å²) in [7, 11) is 0. The second-order valence-electron chi connectivity index (χ2n) is 8.00. The average Bonchev–Trinajstić information content (AvgIpc) is 2.67. The summed E-state index contributed by atoms with van der Waals surface area (Å²) in [6.07, 6.45) is 0. The summed E-state index contributed by atoms with van der Waals surface area (Å²) in [6.45, 7) is 16.2. The van der Waals surface area contributed by atoms with Crippen molar-refractivity contribution >= 4 is 0 Å². The van der Waals surface area contributed by atoms with Crippen LogP contribution < -0.4 is 0 Å². The van der Waals surface area contributed by atoms with Gasteiger partial charge in [-0.3, -0.25) is 0 Å². The van der Waals surface area contributed by atoms with Crippen molar-refractivity contribution in [2.24, 2.45) is 0 Å². The topological polar surface area (TPSA) is 0 Å². The highest BCUT2D eigenvalue weighted by molar-refractivity contribution is 5.83. The third kappa shape index (κ3) is 2.12. The van der Waals surface area contributed by atoms with Crippen LogP contribution in [-0.4, -0.2) is 0 Å². The van der Waals surface area contributed by atoms with Gasteiger partial charge in [-0.15, -0.1) is 0 Å². The Bertz CT molecular complexity index is 730. The number of aryl methyl sites for hydroxylation is 1. The molecule has 0 fully saturated rings. The van der Waals surface area contributed by atoms with E-state index in [4.69, 9.17) is 0 Å². The van der Waals surface area contributed by atoms with Crippen LogP contribution in [0.2, 0.25) is 0 Å². The highest BCUT2D eigenvalue weighted by Crippen LogP contribution is 2.51. The standard InChI is InChI=1S/C22H28/c1-13(2)16-8-9-18-19(11-16)22(6,7)20-12-17(14(3)4)10-15(5)21(18)20/h8-14H,1-7H3. The van der Waals surface area contributed by atoms with Crippen molar-refractivity contribution in [1.29, 1.82) is 0 Å². The van der Waals surface area contributed by atoms with Gasteiger partial charge < -0.3 is 0 Å². The van der Waals surface area contributed by atoms with Gasteiger partial charge in [0.25, 0.3) is 0 Å². The van der Waals surface area contributed by atoms with Crippen molar-refractivity contribution < 1.29 is 0 Å². The van der Waals surface area contributed by atoms with E-state index >= 15 is 0 Å². The van der Waals surface area contributed by atoms with Crippen LogP contribution in [0, 0.1) is 6.92 Å². The molecule has 0 heterocycles. The van der Waals surface area contributed by atoms with E-state index in [1.807, 2.05) is 0 Å². The van der Waals surface area contributed by atoms with Crippen LogP contribution in [-0.2, 0) is 5.41 Å². The molecule has 2 aromatic rings. The molecule has 1 aliphatic carbocycles. The van der Waals surface area contributed by atoms with Crippen molar-refractivity contribution in [1.82, 2.24) is 0 Å². The van der Waals surface area contributed by atoms with Gasteiger partial charge in [0, 0.05) is 5.41 Å². The zero-order valence-electron chi connectivity index (χ0n) is 15.0. The Balaban J connectivity index is 2.28. The van der Waals surface area contributed by atoms with E-state index in [1.165, 1.54) is 38.9 Å². The van der Waals surface area contributed by atoms with Crippen LogP contribution in [0.1, 0.15) is 81.2 Å². The Kier molecular flexibility index (Phi) is 3.47. The van der Waals surface area contributed by atoms with Crippen LogP contribution in [0.15, 0.2) is 30.3 Å². The smallest absolute Gasteiger partial charge is 0.0159 e. The molecule has 22 heavy (non-hydrogen) atoms. The Morgan fingerprint density at radius 2 is 1.36 bits per heavy atom. The van der Waals surface area contributed by atoms with E-state index in [2.05, 4.69) is 78.8 Å². The van der Waals surface area contributed by atoms with E-state index in [-0.39, 0.29) is 5.41 Å². The molecule has 0 heteroatoms. The maximum absolute atomic E-state index is 2.45. The molecule has 0 atom stereocenters. The number of hydrogen-bond acceptors (Lipinski definition) is 0. The average molecular weight is 292 g/mol. The van der Waals surface area contributed by atoms with Gasteiger partial charge in [-0.2, -0.15) is 0 Å². The molecule has 0 bridgehead atoms. The second kappa shape index (κ2) is 4.98. The molecule has 2 aromatic carbocycles. The van der Waals surface area contributed by atoms with Gasteiger partial charge in [-0.1, -0.05) is 71.9 Å². The van der Waals surface area contributed by atoms with Crippen molar-refractivity contribution in [3.8, 4) is 11.1 Å². The lowest BCUT2D eigenvalue weighted by molar-refractivity contribution is 0.655. The minimum atomic E-state index is 0.102. The molecular formula is C22H28. The lowest BCUT2D eigenvalue weighted by Crippen LogP contribution is -2.16. The normalized spacial score (nSPS) is 15.3. The maximum atomic E-state index is 2.45. The molecule has 0 nitrogen and oxygen atoms in total. The summed E-state index contributed by atoms with van der Waals surface area (Å²) in [6, 6.07) is 11.9. The van der Waals surface area contributed by atoms with Gasteiger partial charge in [0.15, 0.2) is 0 Å². The minimum absolute atomic E-state index is 0.102. The number of rotatable bonds is 2. The fourth-order valence-corrected chi connectivity index (χ4v) is 3.80. The first kappa shape index (κ1) is 15.3. The summed E-state index contributed by atoms with van der Waals surface area (Å²) in [5.41, 5.74) is 10.3. The van der Waals surface area contributed by atoms with Gasteiger partial charge in [-0.05, 0) is 57.7 Å². The summed E-state index contributed by atoms with van der Waals surface area (Å²) < 4.78 is 0. The predicted octanol–water partition coefficient (Wildman–Crippen LogP) is 6.55. The Hall–Kier alpha value is -1.56. The second-order valence-corrected chi connectivity index (χ2v) is 8.00. The predicted molar refractivity (Wildman–Crippen MR) is 96.9 cm³/mol.